The first-order valence-electron chi connectivity index (χ1n) is 12.2. The number of phenols is 1. The van der Waals surface area contributed by atoms with Gasteiger partial charge in [-0.3, -0.25) is 0 Å². The third kappa shape index (κ3) is 6.09. The van der Waals surface area contributed by atoms with Crippen LogP contribution in [0.25, 0.3) is 0 Å². The van der Waals surface area contributed by atoms with E-state index in [1.54, 1.807) is 0 Å². The third-order valence-corrected chi connectivity index (χ3v) is 7.00. The molecule has 3 rings (SSSR count). The van der Waals surface area contributed by atoms with Crippen LogP contribution in [0.1, 0.15) is 75.2 Å². The van der Waals surface area contributed by atoms with Gasteiger partial charge >= 0.3 is 6.03 Å². The highest BCUT2D eigenvalue weighted by atomic mass is 35.5. The molecule has 2 atom stereocenters. The minimum absolute atomic E-state index is 0. The molecule has 2 heterocycles. The average Bonchev–Trinajstić information content (AvgIpc) is 2.80. The van der Waals surface area contributed by atoms with Gasteiger partial charge in [0, 0.05) is 44.7 Å². The molecule has 2 aliphatic rings. The third-order valence-electron chi connectivity index (χ3n) is 7.00. The predicted molar refractivity (Wildman–Crippen MR) is 132 cm³/mol. The molecule has 0 spiro atoms. The van der Waals surface area contributed by atoms with E-state index in [1.165, 1.54) is 0 Å². The lowest BCUT2D eigenvalue weighted by Gasteiger charge is -2.41. The predicted octanol–water partition coefficient (Wildman–Crippen LogP) is 4.80. The molecule has 0 saturated carbocycles. The second kappa shape index (κ2) is 12.7. The number of amides is 2. The van der Waals surface area contributed by atoms with Crippen molar-refractivity contribution in [3.63, 3.8) is 0 Å². The van der Waals surface area contributed by atoms with Crippen molar-refractivity contribution in [3.05, 3.63) is 28.8 Å². The summed E-state index contributed by atoms with van der Waals surface area (Å²) < 4.78 is 6.40. The lowest BCUT2D eigenvalue weighted by atomic mass is 9.83. The number of ether oxygens (including phenoxy) is 1. The maximum absolute atomic E-state index is 13.1. The van der Waals surface area contributed by atoms with Crippen molar-refractivity contribution >= 4 is 18.4 Å². The average molecular weight is 468 g/mol. The summed E-state index contributed by atoms with van der Waals surface area (Å²) in [5, 5.41) is 10.6. The molecule has 3 N–H and O–H groups in total. The number of unbranched alkanes of at least 4 members (excludes halogenated alkanes) is 2. The van der Waals surface area contributed by atoms with Crippen molar-refractivity contribution in [2.75, 3.05) is 32.7 Å². The van der Waals surface area contributed by atoms with Crippen molar-refractivity contribution in [3.8, 4) is 5.75 Å². The zero-order valence-electron chi connectivity index (χ0n) is 20.0. The van der Waals surface area contributed by atoms with Gasteiger partial charge in [0.1, 0.15) is 5.75 Å². The number of hydrogen-bond acceptors (Lipinski definition) is 4. The van der Waals surface area contributed by atoms with Gasteiger partial charge in [0.2, 0.25) is 0 Å². The Morgan fingerprint density at radius 2 is 1.81 bits per heavy atom. The normalized spacial score (nSPS) is 21.1. The van der Waals surface area contributed by atoms with E-state index in [0.717, 1.165) is 87.8 Å². The molecule has 0 radical (unpaired) electrons. The number of carbonyl (C=O) groups excluding carboxylic acids is 1. The van der Waals surface area contributed by atoms with E-state index in [1.807, 2.05) is 28.9 Å². The van der Waals surface area contributed by atoms with Crippen molar-refractivity contribution in [1.82, 2.24) is 9.80 Å². The van der Waals surface area contributed by atoms with E-state index in [9.17, 15) is 9.90 Å². The highest BCUT2D eigenvalue weighted by Crippen LogP contribution is 2.40. The first-order chi connectivity index (χ1) is 15.0. The van der Waals surface area contributed by atoms with Gasteiger partial charge in [0.25, 0.3) is 0 Å². The zero-order chi connectivity index (χ0) is 22.4. The summed E-state index contributed by atoms with van der Waals surface area (Å²) in [6, 6.07) is 4.18. The smallest absolute Gasteiger partial charge is 0.319 e. The number of likely N-dealkylation sites (tertiary alicyclic amines) is 1. The summed E-state index contributed by atoms with van der Waals surface area (Å²) in [7, 11) is 0. The number of urea groups is 1. The Hall–Kier alpha value is -1.50. The van der Waals surface area contributed by atoms with Crippen LogP contribution in [0.3, 0.4) is 0 Å². The minimum atomic E-state index is -0.168. The van der Waals surface area contributed by atoms with E-state index in [4.69, 9.17) is 10.5 Å². The van der Waals surface area contributed by atoms with Crippen LogP contribution in [-0.4, -0.2) is 59.8 Å². The number of aromatic hydroxyl groups is 1. The summed E-state index contributed by atoms with van der Waals surface area (Å²) in [4.78, 5) is 17.2. The fraction of sp³-hybridized carbons (Fsp3) is 0.720. The van der Waals surface area contributed by atoms with Crippen LogP contribution in [0.5, 0.6) is 5.75 Å². The Bertz CT molecular complexity index is 729. The molecule has 0 aliphatic carbocycles. The van der Waals surface area contributed by atoms with Crippen molar-refractivity contribution in [2.24, 2.45) is 11.7 Å². The minimum Gasteiger partial charge on any atom is -0.507 e. The Kier molecular flexibility index (Phi) is 10.6. The van der Waals surface area contributed by atoms with Crippen molar-refractivity contribution in [2.45, 2.75) is 77.9 Å². The lowest BCUT2D eigenvalue weighted by Crippen LogP contribution is -2.49. The number of rotatable bonds is 8. The van der Waals surface area contributed by atoms with Gasteiger partial charge in [0.15, 0.2) is 0 Å². The Morgan fingerprint density at radius 3 is 2.38 bits per heavy atom. The van der Waals surface area contributed by atoms with Crippen molar-refractivity contribution in [1.29, 1.82) is 0 Å². The molecule has 1 fully saturated rings. The van der Waals surface area contributed by atoms with E-state index in [-0.39, 0.29) is 30.6 Å². The van der Waals surface area contributed by atoms with Crippen LogP contribution in [0.15, 0.2) is 12.1 Å². The van der Waals surface area contributed by atoms with Gasteiger partial charge in [-0.1, -0.05) is 38.8 Å². The highest BCUT2D eigenvalue weighted by Gasteiger charge is 2.36. The van der Waals surface area contributed by atoms with E-state index in [0.29, 0.717) is 18.2 Å². The molecule has 6 nitrogen and oxygen atoms in total. The maximum Gasteiger partial charge on any atom is 0.319 e. The molecule has 1 aromatic rings. The second-order valence-electron chi connectivity index (χ2n) is 9.20. The molecule has 0 unspecified atom stereocenters. The summed E-state index contributed by atoms with van der Waals surface area (Å²) in [6.45, 7) is 9.95. The van der Waals surface area contributed by atoms with Crippen LogP contribution >= 0.6 is 12.4 Å². The standard InChI is InChI=1S/C25H41N3O3.ClH/c1-4-6-12-27(13-7-5-2)25(30)28-14-10-19(11-15-28)22-16-21-20(23(17-26)31-22)9-8-18(3)24(21)29;/h8-9,19,22-23,29H,4-7,10-17,26H2,1-3H3;1H/t22-,23-;/m0./s1. The number of phenolic OH excluding ortho intramolecular Hbond substituents is 1. The van der Waals surface area contributed by atoms with Crippen LogP contribution in [-0.2, 0) is 11.2 Å². The summed E-state index contributed by atoms with van der Waals surface area (Å²) >= 11 is 0. The number of fused-ring (bicyclic) bond motifs is 1. The van der Waals surface area contributed by atoms with Gasteiger partial charge in [-0.25, -0.2) is 4.79 Å². The number of benzene rings is 1. The van der Waals surface area contributed by atoms with Crippen molar-refractivity contribution < 1.29 is 14.6 Å². The number of carbonyl (C=O) groups is 1. The number of nitrogens with two attached hydrogens (primary N) is 1. The number of hydrogen-bond donors (Lipinski definition) is 2. The monoisotopic (exact) mass is 467 g/mol. The molecule has 1 aromatic carbocycles. The first-order valence-corrected chi connectivity index (χ1v) is 12.2. The second-order valence-corrected chi connectivity index (χ2v) is 9.20. The number of halogens is 1. The van der Waals surface area contributed by atoms with Gasteiger partial charge < -0.3 is 25.4 Å². The Morgan fingerprint density at radius 1 is 1.19 bits per heavy atom. The Labute approximate surface area is 199 Å². The van der Waals surface area contributed by atoms with Crippen LogP contribution in [0, 0.1) is 12.8 Å². The molecule has 0 bridgehead atoms. The zero-order valence-corrected chi connectivity index (χ0v) is 20.8. The van der Waals surface area contributed by atoms with Gasteiger partial charge in [-0.05, 0) is 49.7 Å². The Balaban J connectivity index is 0.00000363. The summed E-state index contributed by atoms with van der Waals surface area (Å²) in [5.41, 5.74) is 8.93. The SMILES string of the molecule is CCCCN(CCCC)C(=O)N1CCC([C@@H]2Cc3c(ccc(C)c3O)[C@H](CN)O2)CC1.Cl. The molecule has 182 valence electrons. The van der Waals surface area contributed by atoms with Crippen LogP contribution < -0.4 is 5.73 Å². The maximum atomic E-state index is 13.1. The van der Waals surface area contributed by atoms with E-state index >= 15 is 0 Å². The van der Waals surface area contributed by atoms with Crippen LogP contribution in [0.4, 0.5) is 4.79 Å². The van der Waals surface area contributed by atoms with E-state index in [2.05, 4.69) is 13.8 Å². The van der Waals surface area contributed by atoms with Gasteiger partial charge in [-0.2, -0.15) is 0 Å². The highest BCUT2D eigenvalue weighted by molar-refractivity contribution is 5.85. The molecule has 32 heavy (non-hydrogen) atoms. The van der Waals surface area contributed by atoms with Gasteiger partial charge in [0.05, 0.1) is 12.2 Å². The fourth-order valence-electron chi connectivity index (χ4n) is 4.94. The lowest BCUT2D eigenvalue weighted by molar-refractivity contribution is -0.0631. The molecule has 1 saturated heterocycles. The molecular formula is C25H42ClN3O3. The summed E-state index contributed by atoms with van der Waals surface area (Å²) in [5.74, 6) is 0.769. The fourth-order valence-corrected chi connectivity index (χ4v) is 4.94. The van der Waals surface area contributed by atoms with Crippen LogP contribution in [0.2, 0.25) is 0 Å². The van der Waals surface area contributed by atoms with E-state index < -0.39 is 0 Å². The summed E-state index contributed by atoms with van der Waals surface area (Å²) in [6.07, 6.45) is 6.79. The molecule has 2 amide bonds. The molecule has 2 aliphatic heterocycles. The van der Waals surface area contributed by atoms with Gasteiger partial charge in [-0.15, -0.1) is 12.4 Å². The quantitative estimate of drug-likeness (QED) is 0.575. The first kappa shape index (κ1) is 26.7. The molecule has 0 aromatic heterocycles. The molecular weight excluding hydrogens is 426 g/mol. The number of piperidine rings is 1. The number of aryl methyl sites for hydroxylation is 1. The molecule has 7 heteroatoms. The number of nitrogens with zero attached hydrogens (tertiary/aromatic N) is 2. The topological polar surface area (TPSA) is 79.0 Å². The largest absolute Gasteiger partial charge is 0.507 e.